The Morgan fingerprint density at radius 1 is 1.32 bits per heavy atom. The zero-order valence-electron chi connectivity index (χ0n) is 14.4. The molecule has 0 unspecified atom stereocenters. The van der Waals surface area contributed by atoms with Crippen LogP contribution >= 0.6 is 11.3 Å². The molecular weight excluding hydrogens is 334 g/mol. The van der Waals surface area contributed by atoms with Gasteiger partial charge in [-0.05, 0) is 43.2 Å². The van der Waals surface area contributed by atoms with E-state index in [1.165, 1.54) is 10.4 Å². The van der Waals surface area contributed by atoms with Crippen LogP contribution in [0.15, 0.2) is 41.5 Å². The molecule has 1 fully saturated rings. The average molecular weight is 355 g/mol. The van der Waals surface area contributed by atoms with Crippen LogP contribution in [0, 0.1) is 12.8 Å². The first-order valence-corrected chi connectivity index (χ1v) is 9.17. The Hall–Kier alpha value is -2.47. The summed E-state index contributed by atoms with van der Waals surface area (Å²) in [6, 6.07) is 11.9. The molecule has 1 aromatic carbocycles. The van der Waals surface area contributed by atoms with E-state index in [0.717, 1.165) is 17.0 Å². The minimum atomic E-state index is -0.374. The van der Waals surface area contributed by atoms with Crippen molar-refractivity contribution in [1.82, 2.24) is 5.43 Å². The summed E-state index contributed by atoms with van der Waals surface area (Å²) in [6.45, 7) is 4.50. The van der Waals surface area contributed by atoms with E-state index in [-0.39, 0.29) is 24.2 Å². The Morgan fingerprint density at radius 2 is 2.08 bits per heavy atom. The van der Waals surface area contributed by atoms with E-state index in [1.807, 2.05) is 43.3 Å². The Balaban J connectivity index is 1.59. The topological polar surface area (TPSA) is 61.8 Å². The van der Waals surface area contributed by atoms with E-state index in [4.69, 9.17) is 0 Å². The van der Waals surface area contributed by atoms with Gasteiger partial charge in [0.25, 0.3) is 0 Å². The van der Waals surface area contributed by atoms with Crippen LogP contribution in [0.5, 0.6) is 0 Å². The van der Waals surface area contributed by atoms with Crippen LogP contribution in [0.1, 0.15) is 28.7 Å². The summed E-state index contributed by atoms with van der Waals surface area (Å²) < 4.78 is 0. The van der Waals surface area contributed by atoms with E-state index >= 15 is 0 Å². The lowest BCUT2D eigenvalue weighted by Gasteiger charge is -2.16. The van der Waals surface area contributed by atoms with Gasteiger partial charge in [0.2, 0.25) is 11.8 Å². The number of hydrogen-bond acceptors (Lipinski definition) is 4. The number of hydrazone groups is 1. The van der Waals surface area contributed by atoms with Crippen LogP contribution in [0.4, 0.5) is 5.69 Å². The summed E-state index contributed by atoms with van der Waals surface area (Å²) in [7, 11) is 0. The minimum absolute atomic E-state index is 0.0257. The summed E-state index contributed by atoms with van der Waals surface area (Å²) in [5.74, 6) is -0.617. The maximum atomic E-state index is 12.3. The van der Waals surface area contributed by atoms with E-state index in [1.54, 1.807) is 22.5 Å². The second kappa shape index (κ2) is 7.61. The fraction of sp³-hybridized carbons (Fsp3) is 0.316. The molecule has 0 radical (unpaired) electrons. The number of rotatable bonds is 5. The van der Waals surface area contributed by atoms with E-state index in [0.29, 0.717) is 6.54 Å². The van der Waals surface area contributed by atoms with Crippen molar-refractivity contribution in [3.8, 4) is 0 Å². The van der Waals surface area contributed by atoms with Gasteiger partial charge in [0.1, 0.15) is 0 Å². The lowest BCUT2D eigenvalue weighted by molar-refractivity contribution is -0.126. The molecule has 2 aromatic rings. The molecule has 6 heteroatoms. The number of aryl methyl sites for hydroxylation is 2. The quantitative estimate of drug-likeness (QED) is 0.662. The van der Waals surface area contributed by atoms with Gasteiger partial charge in [0.15, 0.2) is 0 Å². The van der Waals surface area contributed by atoms with Crippen LogP contribution in [0.25, 0.3) is 0 Å². The Kier molecular flexibility index (Phi) is 5.28. The zero-order chi connectivity index (χ0) is 17.8. The van der Waals surface area contributed by atoms with Crippen LogP contribution in [0.2, 0.25) is 0 Å². The highest BCUT2D eigenvalue weighted by Crippen LogP contribution is 2.25. The zero-order valence-corrected chi connectivity index (χ0v) is 15.2. The minimum Gasteiger partial charge on any atom is -0.312 e. The van der Waals surface area contributed by atoms with Gasteiger partial charge in [-0.15, -0.1) is 11.3 Å². The molecule has 2 heterocycles. The van der Waals surface area contributed by atoms with E-state index < -0.39 is 0 Å². The van der Waals surface area contributed by atoms with Crippen LogP contribution in [-0.2, 0) is 16.0 Å². The maximum Gasteiger partial charge on any atom is 0.245 e. The third-order valence-corrected chi connectivity index (χ3v) is 5.22. The fourth-order valence-corrected chi connectivity index (χ4v) is 3.57. The molecule has 1 N–H and O–H groups in total. The molecule has 2 amide bonds. The van der Waals surface area contributed by atoms with Gasteiger partial charge in [0, 0.05) is 28.4 Å². The molecule has 1 aliphatic heterocycles. The Labute approximate surface area is 151 Å². The van der Waals surface area contributed by atoms with Crippen molar-refractivity contribution < 1.29 is 9.59 Å². The van der Waals surface area contributed by atoms with Crippen LogP contribution < -0.4 is 10.3 Å². The summed E-state index contributed by atoms with van der Waals surface area (Å²) >= 11 is 1.61. The van der Waals surface area contributed by atoms with Gasteiger partial charge in [-0.1, -0.05) is 19.1 Å². The summed E-state index contributed by atoms with van der Waals surface area (Å²) in [5.41, 5.74) is 4.62. The predicted molar refractivity (Wildman–Crippen MR) is 101 cm³/mol. The largest absolute Gasteiger partial charge is 0.312 e. The van der Waals surface area contributed by atoms with Crippen molar-refractivity contribution in [1.29, 1.82) is 0 Å². The van der Waals surface area contributed by atoms with Gasteiger partial charge in [-0.3, -0.25) is 9.59 Å². The lowest BCUT2D eigenvalue weighted by Crippen LogP contribution is -2.30. The monoisotopic (exact) mass is 355 g/mol. The summed E-state index contributed by atoms with van der Waals surface area (Å²) in [5, 5.41) is 4.00. The molecule has 1 aromatic heterocycles. The molecule has 1 aliphatic rings. The van der Waals surface area contributed by atoms with Crippen molar-refractivity contribution in [2.24, 2.45) is 11.0 Å². The van der Waals surface area contributed by atoms with Crippen molar-refractivity contribution in [2.45, 2.75) is 26.7 Å². The molecular formula is C19H21N3O2S. The second-order valence-electron chi connectivity index (χ2n) is 6.11. The van der Waals surface area contributed by atoms with Crippen molar-refractivity contribution >= 4 is 35.1 Å². The standard InChI is InChI=1S/C19H21N3O2S/c1-3-14-5-7-16(8-6-14)22-12-15(10-18(22)23)19(24)21-20-11-17-9-4-13(2)25-17/h4-9,11,15H,3,10,12H2,1-2H3,(H,21,24)/b20-11+/t15-/m0/s1. The number of carbonyl (C=O) groups excluding carboxylic acids is 2. The maximum absolute atomic E-state index is 12.3. The first kappa shape index (κ1) is 17.4. The molecule has 5 nitrogen and oxygen atoms in total. The highest BCUT2D eigenvalue weighted by molar-refractivity contribution is 7.13. The smallest absolute Gasteiger partial charge is 0.245 e. The van der Waals surface area contributed by atoms with Gasteiger partial charge < -0.3 is 4.90 Å². The van der Waals surface area contributed by atoms with E-state index in [9.17, 15) is 9.59 Å². The van der Waals surface area contributed by atoms with Crippen LogP contribution in [0.3, 0.4) is 0 Å². The summed E-state index contributed by atoms with van der Waals surface area (Å²) in [6.07, 6.45) is 2.81. The number of anilines is 1. The highest BCUT2D eigenvalue weighted by atomic mass is 32.1. The van der Waals surface area contributed by atoms with Crippen molar-refractivity contribution in [3.63, 3.8) is 0 Å². The number of nitrogens with zero attached hydrogens (tertiary/aromatic N) is 2. The van der Waals surface area contributed by atoms with Gasteiger partial charge in [-0.2, -0.15) is 5.10 Å². The average Bonchev–Trinajstić information content (AvgIpc) is 3.20. The molecule has 0 saturated carbocycles. The normalized spacial score (nSPS) is 17.4. The second-order valence-corrected chi connectivity index (χ2v) is 7.43. The van der Waals surface area contributed by atoms with Gasteiger partial charge in [-0.25, -0.2) is 5.43 Å². The van der Waals surface area contributed by atoms with Crippen molar-refractivity contribution in [3.05, 3.63) is 51.7 Å². The predicted octanol–water partition coefficient (Wildman–Crippen LogP) is 3.12. The number of carbonyl (C=O) groups is 2. The van der Waals surface area contributed by atoms with Gasteiger partial charge in [0.05, 0.1) is 12.1 Å². The number of benzene rings is 1. The molecule has 25 heavy (non-hydrogen) atoms. The Bertz CT molecular complexity index is 795. The molecule has 1 saturated heterocycles. The number of nitrogens with one attached hydrogen (secondary N) is 1. The van der Waals surface area contributed by atoms with Gasteiger partial charge >= 0.3 is 0 Å². The third-order valence-electron chi connectivity index (χ3n) is 4.28. The SMILES string of the molecule is CCc1ccc(N2C[C@@H](C(=O)N/N=C/c3ccc(C)s3)CC2=O)cc1. The lowest BCUT2D eigenvalue weighted by atomic mass is 10.1. The number of hydrogen-bond donors (Lipinski definition) is 1. The molecule has 0 bridgehead atoms. The van der Waals surface area contributed by atoms with Crippen LogP contribution in [-0.4, -0.2) is 24.6 Å². The third kappa shape index (κ3) is 4.14. The molecule has 130 valence electrons. The number of amides is 2. The first-order valence-electron chi connectivity index (χ1n) is 8.35. The highest BCUT2D eigenvalue weighted by Gasteiger charge is 2.35. The molecule has 1 atom stereocenters. The molecule has 3 rings (SSSR count). The van der Waals surface area contributed by atoms with E-state index in [2.05, 4.69) is 17.5 Å². The Morgan fingerprint density at radius 3 is 2.72 bits per heavy atom. The molecule has 0 aliphatic carbocycles. The first-order chi connectivity index (χ1) is 12.1. The fourth-order valence-electron chi connectivity index (χ4n) is 2.82. The summed E-state index contributed by atoms with van der Waals surface area (Å²) in [4.78, 5) is 28.4. The molecule has 0 spiro atoms. The number of thiophene rings is 1. The van der Waals surface area contributed by atoms with Crippen molar-refractivity contribution in [2.75, 3.05) is 11.4 Å².